The van der Waals surface area contributed by atoms with Crippen LogP contribution in [0.15, 0.2) is 22.7 Å². The van der Waals surface area contributed by atoms with Gasteiger partial charge in [-0.2, -0.15) is 0 Å². The lowest BCUT2D eigenvalue weighted by Gasteiger charge is -2.13. The maximum absolute atomic E-state index is 11.9. The topological polar surface area (TPSA) is 55.1 Å². The Morgan fingerprint density at radius 1 is 1.56 bits per heavy atom. The molecule has 5 heteroatoms. The van der Waals surface area contributed by atoms with Crippen molar-refractivity contribution in [1.29, 1.82) is 0 Å². The minimum Gasteiger partial charge on any atom is -0.392 e. The summed E-state index contributed by atoms with van der Waals surface area (Å²) in [5.74, 6) is -0.162. The lowest BCUT2D eigenvalue weighted by Crippen LogP contribution is -2.41. The van der Waals surface area contributed by atoms with E-state index in [1.54, 1.807) is 13.0 Å². The number of nitrogens with two attached hydrogens (primary N) is 1. The van der Waals surface area contributed by atoms with Crippen molar-refractivity contribution < 1.29 is 4.79 Å². The maximum Gasteiger partial charge on any atom is 0.252 e. The molecule has 1 aromatic carbocycles. The third kappa shape index (κ3) is 3.28. The minimum absolute atomic E-state index is 0.162. The fourth-order valence-corrected chi connectivity index (χ4v) is 1.76. The van der Waals surface area contributed by atoms with E-state index in [4.69, 9.17) is 18.0 Å². The van der Waals surface area contributed by atoms with Crippen LogP contribution in [0.5, 0.6) is 0 Å². The molecule has 0 bridgehead atoms. The number of carbonyl (C=O) groups is 1. The number of rotatable bonds is 3. The Labute approximate surface area is 109 Å². The standard InChI is InChI=1S/C11H13BrN2OS/c1-6-5-8(12)3-4-9(6)11(15)14-7(2)10(13)16/h3-5,7H,1-2H3,(H2,13,16)(H,14,15). The van der Waals surface area contributed by atoms with Crippen molar-refractivity contribution in [2.75, 3.05) is 0 Å². The van der Waals surface area contributed by atoms with Crippen molar-refractivity contribution in [3.8, 4) is 0 Å². The summed E-state index contributed by atoms with van der Waals surface area (Å²) in [6.45, 7) is 3.64. The van der Waals surface area contributed by atoms with Crippen LogP contribution in [0.4, 0.5) is 0 Å². The smallest absolute Gasteiger partial charge is 0.252 e. The summed E-state index contributed by atoms with van der Waals surface area (Å²) < 4.78 is 0.948. The van der Waals surface area contributed by atoms with Gasteiger partial charge in [-0.05, 0) is 37.6 Å². The molecule has 1 unspecified atom stereocenters. The van der Waals surface area contributed by atoms with E-state index in [2.05, 4.69) is 21.2 Å². The molecule has 1 amide bonds. The molecule has 1 aromatic rings. The van der Waals surface area contributed by atoms with Crippen LogP contribution in [0.3, 0.4) is 0 Å². The summed E-state index contributed by atoms with van der Waals surface area (Å²) in [6, 6.07) is 5.18. The molecule has 16 heavy (non-hydrogen) atoms. The zero-order chi connectivity index (χ0) is 12.3. The summed E-state index contributed by atoms with van der Waals surface area (Å²) in [6.07, 6.45) is 0. The van der Waals surface area contributed by atoms with Crippen LogP contribution in [0, 0.1) is 6.92 Å². The Kier molecular flexibility index (Phi) is 4.44. The number of nitrogens with one attached hydrogen (secondary N) is 1. The summed E-state index contributed by atoms with van der Waals surface area (Å²) in [5.41, 5.74) is 6.97. The number of halogens is 1. The minimum atomic E-state index is -0.300. The lowest BCUT2D eigenvalue weighted by atomic mass is 10.1. The second-order valence-corrected chi connectivity index (χ2v) is 4.94. The molecule has 1 atom stereocenters. The predicted molar refractivity (Wildman–Crippen MR) is 72.6 cm³/mol. The predicted octanol–water partition coefficient (Wildman–Crippen LogP) is 2.16. The second-order valence-electron chi connectivity index (χ2n) is 3.56. The molecular weight excluding hydrogens is 288 g/mol. The van der Waals surface area contributed by atoms with E-state index in [1.807, 2.05) is 19.1 Å². The molecule has 0 saturated heterocycles. The van der Waals surface area contributed by atoms with Crippen LogP contribution >= 0.6 is 28.1 Å². The lowest BCUT2D eigenvalue weighted by molar-refractivity contribution is 0.0948. The molecule has 0 aliphatic carbocycles. The number of hydrogen-bond donors (Lipinski definition) is 2. The molecule has 0 fully saturated rings. The Morgan fingerprint density at radius 2 is 2.19 bits per heavy atom. The Balaban J connectivity index is 2.85. The van der Waals surface area contributed by atoms with E-state index in [1.165, 1.54) is 0 Å². The van der Waals surface area contributed by atoms with Gasteiger partial charge in [0, 0.05) is 10.0 Å². The second kappa shape index (κ2) is 5.41. The van der Waals surface area contributed by atoms with Crippen molar-refractivity contribution in [3.05, 3.63) is 33.8 Å². The number of thiocarbonyl (C=S) groups is 1. The SMILES string of the molecule is Cc1cc(Br)ccc1C(=O)NC(C)C(N)=S. The molecule has 3 nitrogen and oxygen atoms in total. The molecule has 0 aromatic heterocycles. The number of carbonyl (C=O) groups excluding carboxylic acids is 1. The molecule has 0 saturated carbocycles. The number of aryl methyl sites for hydroxylation is 1. The summed E-state index contributed by atoms with van der Waals surface area (Å²) in [4.78, 5) is 12.1. The highest BCUT2D eigenvalue weighted by Gasteiger charge is 2.13. The fourth-order valence-electron chi connectivity index (χ4n) is 1.23. The van der Waals surface area contributed by atoms with Crippen molar-refractivity contribution in [2.45, 2.75) is 19.9 Å². The zero-order valence-electron chi connectivity index (χ0n) is 9.08. The first-order valence-corrected chi connectivity index (χ1v) is 5.98. The van der Waals surface area contributed by atoms with Gasteiger partial charge >= 0.3 is 0 Å². The number of benzene rings is 1. The maximum atomic E-state index is 11.9. The molecule has 1 rings (SSSR count). The van der Waals surface area contributed by atoms with Crippen molar-refractivity contribution in [2.24, 2.45) is 5.73 Å². The molecule has 0 aliphatic rings. The van der Waals surface area contributed by atoms with Crippen LogP contribution in [0.2, 0.25) is 0 Å². The van der Waals surface area contributed by atoms with Crippen LogP contribution in [0.1, 0.15) is 22.8 Å². The highest BCUT2D eigenvalue weighted by atomic mass is 79.9. The van der Waals surface area contributed by atoms with Crippen molar-refractivity contribution in [1.82, 2.24) is 5.32 Å². The van der Waals surface area contributed by atoms with E-state index in [0.29, 0.717) is 5.56 Å². The Morgan fingerprint density at radius 3 is 2.69 bits per heavy atom. The number of hydrogen-bond acceptors (Lipinski definition) is 2. The van der Waals surface area contributed by atoms with E-state index < -0.39 is 0 Å². The molecule has 0 heterocycles. The highest BCUT2D eigenvalue weighted by molar-refractivity contribution is 9.10. The molecule has 0 spiro atoms. The average molecular weight is 301 g/mol. The van der Waals surface area contributed by atoms with E-state index in [9.17, 15) is 4.79 Å². The monoisotopic (exact) mass is 300 g/mol. The third-order valence-corrected chi connectivity index (χ3v) is 3.05. The van der Waals surface area contributed by atoms with Gasteiger partial charge in [-0.15, -0.1) is 0 Å². The van der Waals surface area contributed by atoms with Gasteiger partial charge < -0.3 is 11.1 Å². The van der Waals surface area contributed by atoms with Gasteiger partial charge in [0.05, 0.1) is 11.0 Å². The fraction of sp³-hybridized carbons (Fsp3) is 0.273. The van der Waals surface area contributed by atoms with E-state index >= 15 is 0 Å². The molecule has 0 radical (unpaired) electrons. The van der Waals surface area contributed by atoms with E-state index in [0.717, 1.165) is 10.0 Å². The van der Waals surface area contributed by atoms with Crippen molar-refractivity contribution in [3.63, 3.8) is 0 Å². The molecule has 3 N–H and O–H groups in total. The number of amides is 1. The Bertz CT molecular complexity index is 434. The zero-order valence-corrected chi connectivity index (χ0v) is 11.5. The molecular formula is C11H13BrN2OS. The first kappa shape index (κ1) is 13.1. The Hall–Kier alpha value is -0.940. The van der Waals surface area contributed by atoms with Crippen LogP contribution in [-0.4, -0.2) is 16.9 Å². The van der Waals surface area contributed by atoms with Gasteiger partial charge in [-0.3, -0.25) is 4.79 Å². The van der Waals surface area contributed by atoms with Gasteiger partial charge in [0.1, 0.15) is 0 Å². The van der Waals surface area contributed by atoms with Gasteiger partial charge in [0.15, 0.2) is 0 Å². The average Bonchev–Trinajstić information content (AvgIpc) is 2.16. The van der Waals surface area contributed by atoms with E-state index in [-0.39, 0.29) is 16.9 Å². The molecule has 86 valence electrons. The van der Waals surface area contributed by atoms with Gasteiger partial charge in [-0.1, -0.05) is 28.1 Å². The first-order valence-electron chi connectivity index (χ1n) is 4.78. The van der Waals surface area contributed by atoms with Gasteiger partial charge in [0.2, 0.25) is 0 Å². The quantitative estimate of drug-likeness (QED) is 0.841. The van der Waals surface area contributed by atoms with Crippen LogP contribution < -0.4 is 11.1 Å². The summed E-state index contributed by atoms with van der Waals surface area (Å²) in [7, 11) is 0. The third-order valence-electron chi connectivity index (χ3n) is 2.21. The summed E-state index contributed by atoms with van der Waals surface area (Å²) >= 11 is 8.14. The van der Waals surface area contributed by atoms with Gasteiger partial charge in [-0.25, -0.2) is 0 Å². The van der Waals surface area contributed by atoms with Gasteiger partial charge in [0.25, 0.3) is 5.91 Å². The highest BCUT2D eigenvalue weighted by Crippen LogP contribution is 2.15. The first-order chi connectivity index (χ1) is 7.41. The normalized spacial score (nSPS) is 11.9. The van der Waals surface area contributed by atoms with Crippen LogP contribution in [-0.2, 0) is 0 Å². The van der Waals surface area contributed by atoms with Crippen LogP contribution in [0.25, 0.3) is 0 Å². The largest absolute Gasteiger partial charge is 0.392 e. The van der Waals surface area contributed by atoms with Crippen molar-refractivity contribution >= 4 is 39.0 Å². The molecule has 0 aliphatic heterocycles. The summed E-state index contributed by atoms with van der Waals surface area (Å²) in [5, 5.41) is 2.74.